The number of nitrogens with zero attached hydrogens (tertiary/aromatic N) is 3. The summed E-state index contributed by atoms with van der Waals surface area (Å²) < 4.78 is 7.76. The summed E-state index contributed by atoms with van der Waals surface area (Å²) in [4.78, 5) is 19.9. The van der Waals surface area contributed by atoms with Crippen molar-refractivity contribution in [1.82, 2.24) is 14.6 Å². The van der Waals surface area contributed by atoms with E-state index in [1.165, 1.54) is 0 Å². The molecule has 1 fully saturated rings. The number of para-hydroxylation sites is 1. The highest BCUT2D eigenvalue weighted by molar-refractivity contribution is 5.97. The van der Waals surface area contributed by atoms with Crippen LogP contribution in [-0.2, 0) is 0 Å². The summed E-state index contributed by atoms with van der Waals surface area (Å²) in [5, 5.41) is 0. The van der Waals surface area contributed by atoms with Gasteiger partial charge in [0.25, 0.3) is 5.91 Å². The third kappa shape index (κ3) is 4.38. The smallest absolute Gasteiger partial charge is 0.269 e. The first-order valence-corrected chi connectivity index (χ1v) is 12.0. The van der Waals surface area contributed by atoms with E-state index in [0.717, 1.165) is 61.8 Å². The monoisotopic (exact) mass is 457 g/mol. The summed E-state index contributed by atoms with van der Waals surface area (Å²) in [6.07, 6.45) is 7.52. The van der Waals surface area contributed by atoms with Gasteiger partial charge in [0.1, 0.15) is 23.0 Å². The maximum atomic E-state index is 12.5. The molecule has 0 saturated carbocycles. The van der Waals surface area contributed by atoms with Crippen molar-refractivity contribution >= 4 is 5.91 Å². The van der Waals surface area contributed by atoms with E-state index in [9.17, 15) is 4.79 Å². The molecule has 0 bridgehead atoms. The molecule has 1 atom stereocenters. The van der Waals surface area contributed by atoms with E-state index >= 15 is 0 Å². The molecule has 1 saturated heterocycles. The molecule has 7 nitrogen and oxygen atoms in total. The fraction of sp³-hybridized carbons (Fsp3) is 0.333. The van der Waals surface area contributed by atoms with Gasteiger partial charge in [-0.15, -0.1) is 0 Å². The first-order chi connectivity index (χ1) is 16.6. The SMILES string of the molecule is CC=CN1CCC(C2CCNn3c2nc(-c2ccc(Oc4ccccc4)cc2)c3C(N)=O)CC1. The minimum atomic E-state index is -0.477. The largest absolute Gasteiger partial charge is 0.457 e. The second-order valence-corrected chi connectivity index (χ2v) is 8.97. The number of nitrogens with two attached hydrogens (primary N) is 1. The van der Waals surface area contributed by atoms with Gasteiger partial charge in [0.05, 0.1) is 0 Å². The Bertz CT molecular complexity index is 1160. The van der Waals surface area contributed by atoms with E-state index in [1.54, 1.807) is 0 Å². The number of hydrogen-bond donors (Lipinski definition) is 2. The maximum absolute atomic E-state index is 12.5. The van der Waals surface area contributed by atoms with Crippen LogP contribution in [0.4, 0.5) is 0 Å². The van der Waals surface area contributed by atoms with Crippen molar-refractivity contribution in [3.63, 3.8) is 0 Å². The average molecular weight is 458 g/mol. The molecule has 1 amide bonds. The van der Waals surface area contributed by atoms with Gasteiger partial charge >= 0.3 is 0 Å². The van der Waals surface area contributed by atoms with Crippen LogP contribution in [0, 0.1) is 5.92 Å². The zero-order valence-electron chi connectivity index (χ0n) is 19.5. The fourth-order valence-electron chi connectivity index (χ4n) is 5.17. The average Bonchev–Trinajstić information content (AvgIpc) is 3.26. The van der Waals surface area contributed by atoms with Crippen LogP contribution in [-0.4, -0.2) is 40.1 Å². The number of imidazole rings is 1. The summed E-state index contributed by atoms with van der Waals surface area (Å²) in [5.41, 5.74) is 11.1. The summed E-state index contributed by atoms with van der Waals surface area (Å²) in [7, 11) is 0. The van der Waals surface area contributed by atoms with Crippen LogP contribution in [0.3, 0.4) is 0 Å². The van der Waals surface area contributed by atoms with Gasteiger partial charge in [-0.3, -0.25) is 4.79 Å². The maximum Gasteiger partial charge on any atom is 0.269 e. The normalized spacial score (nSPS) is 18.5. The molecule has 1 aromatic heterocycles. The van der Waals surface area contributed by atoms with Crippen LogP contribution in [0.1, 0.15) is 48.4 Å². The van der Waals surface area contributed by atoms with Crippen LogP contribution in [0.5, 0.6) is 11.5 Å². The lowest BCUT2D eigenvalue weighted by Crippen LogP contribution is -2.38. The molecule has 0 spiro atoms. The van der Waals surface area contributed by atoms with E-state index in [4.69, 9.17) is 15.5 Å². The second kappa shape index (κ2) is 9.63. The predicted molar refractivity (Wildman–Crippen MR) is 133 cm³/mol. The number of carbonyl (C=O) groups is 1. The molecular formula is C27H31N5O2. The van der Waals surface area contributed by atoms with Crippen molar-refractivity contribution in [2.24, 2.45) is 11.7 Å². The van der Waals surface area contributed by atoms with Crippen molar-refractivity contribution in [3.05, 3.63) is 78.4 Å². The molecule has 2 aliphatic heterocycles. The first kappa shape index (κ1) is 22.1. The van der Waals surface area contributed by atoms with E-state index in [0.29, 0.717) is 23.2 Å². The minimum absolute atomic E-state index is 0.307. The third-order valence-corrected chi connectivity index (χ3v) is 6.80. The Morgan fingerprint density at radius 2 is 1.76 bits per heavy atom. The van der Waals surface area contributed by atoms with Gasteiger partial charge in [-0.05, 0) is 74.7 Å². The Morgan fingerprint density at radius 3 is 2.44 bits per heavy atom. The number of aromatic nitrogens is 2. The quantitative estimate of drug-likeness (QED) is 0.560. The number of piperidine rings is 1. The van der Waals surface area contributed by atoms with Gasteiger partial charge in [-0.2, -0.15) is 0 Å². The number of likely N-dealkylation sites (tertiary alicyclic amines) is 1. The highest BCUT2D eigenvalue weighted by Crippen LogP contribution is 2.39. The predicted octanol–water partition coefficient (Wildman–Crippen LogP) is 4.72. The van der Waals surface area contributed by atoms with Gasteiger partial charge in [0, 0.05) is 31.1 Å². The summed E-state index contributed by atoms with van der Waals surface area (Å²) in [5.74, 6) is 2.79. The van der Waals surface area contributed by atoms with Gasteiger partial charge < -0.3 is 20.8 Å². The highest BCUT2D eigenvalue weighted by atomic mass is 16.5. The molecule has 2 aromatic carbocycles. The van der Waals surface area contributed by atoms with Gasteiger partial charge in [-0.25, -0.2) is 9.66 Å². The molecule has 0 radical (unpaired) electrons. The lowest BCUT2D eigenvalue weighted by Gasteiger charge is -2.37. The molecule has 3 aromatic rings. The Morgan fingerprint density at radius 1 is 1.06 bits per heavy atom. The molecule has 2 aliphatic rings. The molecule has 3 N–H and O–H groups in total. The van der Waals surface area contributed by atoms with Crippen LogP contribution in [0.15, 0.2) is 66.9 Å². The van der Waals surface area contributed by atoms with Crippen molar-refractivity contribution in [2.75, 3.05) is 25.1 Å². The highest BCUT2D eigenvalue weighted by Gasteiger charge is 2.35. The number of nitrogens with one attached hydrogen (secondary N) is 1. The summed E-state index contributed by atoms with van der Waals surface area (Å²) in [6, 6.07) is 17.3. The van der Waals surface area contributed by atoms with Crippen molar-refractivity contribution in [1.29, 1.82) is 0 Å². The molecule has 176 valence electrons. The number of benzene rings is 2. The van der Waals surface area contributed by atoms with Gasteiger partial charge in [-0.1, -0.05) is 24.3 Å². The van der Waals surface area contributed by atoms with Gasteiger partial charge in [0.2, 0.25) is 0 Å². The Labute approximate surface area is 200 Å². The number of allylic oxidation sites excluding steroid dienone is 1. The van der Waals surface area contributed by atoms with Gasteiger partial charge in [0.15, 0.2) is 5.69 Å². The van der Waals surface area contributed by atoms with Crippen LogP contribution < -0.4 is 15.9 Å². The fourth-order valence-corrected chi connectivity index (χ4v) is 5.17. The lowest BCUT2D eigenvalue weighted by atomic mass is 9.81. The first-order valence-electron chi connectivity index (χ1n) is 12.0. The van der Waals surface area contributed by atoms with Crippen LogP contribution in [0.2, 0.25) is 0 Å². The number of primary amides is 1. The van der Waals surface area contributed by atoms with Crippen molar-refractivity contribution in [2.45, 2.75) is 32.1 Å². The zero-order chi connectivity index (χ0) is 23.5. The van der Waals surface area contributed by atoms with E-state index < -0.39 is 5.91 Å². The van der Waals surface area contributed by atoms with E-state index in [1.807, 2.05) is 59.3 Å². The molecule has 1 unspecified atom stereocenters. The number of hydrogen-bond acceptors (Lipinski definition) is 5. The van der Waals surface area contributed by atoms with Crippen LogP contribution in [0.25, 0.3) is 11.3 Å². The molecule has 0 aliphatic carbocycles. The number of fused-ring (bicyclic) bond motifs is 1. The summed E-state index contributed by atoms with van der Waals surface area (Å²) >= 11 is 0. The minimum Gasteiger partial charge on any atom is -0.457 e. The van der Waals surface area contributed by atoms with E-state index in [2.05, 4.69) is 29.5 Å². The molecular weight excluding hydrogens is 426 g/mol. The Balaban J connectivity index is 1.42. The summed E-state index contributed by atoms with van der Waals surface area (Å²) in [6.45, 7) is 4.96. The number of carbonyl (C=O) groups excluding carboxylic acids is 1. The topological polar surface area (TPSA) is 85.4 Å². The number of rotatable bonds is 6. The second-order valence-electron chi connectivity index (χ2n) is 8.97. The number of ether oxygens (including phenoxy) is 1. The standard InChI is InChI=1S/C27H31N5O2/c1-2-16-31-17-13-19(14-18-31)23-12-15-29-32-25(26(28)33)24(30-27(23)32)20-8-10-22(11-9-20)34-21-6-4-3-5-7-21/h2-11,16,19,23,29H,12-15,17-18H2,1H3,(H2,28,33). The molecule has 3 heterocycles. The Hall–Kier alpha value is -3.74. The molecule has 34 heavy (non-hydrogen) atoms. The number of amides is 1. The third-order valence-electron chi connectivity index (χ3n) is 6.80. The van der Waals surface area contributed by atoms with Crippen molar-refractivity contribution < 1.29 is 9.53 Å². The lowest BCUT2D eigenvalue weighted by molar-refractivity contribution is 0.0992. The zero-order valence-corrected chi connectivity index (χ0v) is 19.5. The van der Waals surface area contributed by atoms with Crippen LogP contribution >= 0.6 is 0 Å². The Kier molecular flexibility index (Phi) is 6.25. The molecule has 7 heteroatoms. The van der Waals surface area contributed by atoms with Crippen molar-refractivity contribution in [3.8, 4) is 22.8 Å². The molecule has 5 rings (SSSR count). The van der Waals surface area contributed by atoms with E-state index in [-0.39, 0.29) is 0 Å².